The van der Waals surface area contributed by atoms with E-state index in [0.29, 0.717) is 12.0 Å². The van der Waals surface area contributed by atoms with E-state index in [4.69, 9.17) is 5.73 Å². The number of aromatic nitrogens is 2. The minimum atomic E-state index is 0.599. The molecule has 0 radical (unpaired) electrons. The molecule has 1 aromatic carbocycles. The van der Waals surface area contributed by atoms with Gasteiger partial charge in [-0.2, -0.15) is 0 Å². The van der Waals surface area contributed by atoms with Crippen LogP contribution in [0.25, 0.3) is 11.0 Å². The molecule has 4 nitrogen and oxygen atoms in total. The Kier molecular flexibility index (Phi) is 4.03. The van der Waals surface area contributed by atoms with Crippen molar-refractivity contribution in [3.8, 4) is 0 Å². The predicted octanol–water partition coefficient (Wildman–Crippen LogP) is 2.51. The SMILES string of the molecule is CN(Cc1nc2ccccc2[nH]1)C1CCCCC1CN. The lowest BCUT2D eigenvalue weighted by Gasteiger charge is -2.37. The summed E-state index contributed by atoms with van der Waals surface area (Å²) in [4.78, 5) is 10.5. The van der Waals surface area contributed by atoms with E-state index in [-0.39, 0.29) is 0 Å². The van der Waals surface area contributed by atoms with Crippen LogP contribution in [0.4, 0.5) is 0 Å². The molecule has 2 atom stereocenters. The first-order valence-corrected chi connectivity index (χ1v) is 7.62. The van der Waals surface area contributed by atoms with Crippen LogP contribution in [-0.4, -0.2) is 34.5 Å². The number of imidazole rings is 1. The zero-order valence-electron chi connectivity index (χ0n) is 12.2. The molecular formula is C16H24N4. The number of nitrogens with two attached hydrogens (primary N) is 1. The number of nitrogens with one attached hydrogen (secondary N) is 1. The Labute approximate surface area is 120 Å². The van der Waals surface area contributed by atoms with Gasteiger partial charge in [-0.1, -0.05) is 25.0 Å². The Morgan fingerprint density at radius 3 is 2.90 bits per heavy atom. The lowest BCUT2D eigenvalue weighted by Crippen LogP contribution is -2.42. The van der Waals surface area contributed by atoms with E-state index >= 15 is 0 Å². The summed E-state index contributed by atoms with van der Waals surface area (Å²) in [6, 6.07) is 8.80. The van der Waals surface area contributed by atoms with Crippen LogP contribution in [0.15, 0.2) is 24.3 Å². The second-order valence-electron chi connectivity index (χ2n) is 5.96. The Bertz CT molecular complexity index is 529. The summed E-state index contributed by atoms with van der Waals surface area (Å²) in [6.45, 7) is 1.67. The smallest absolute Gasteiger partial charge is 0.121 e. The molecule has 1 fully saturated rings. The molecule has 1 aliphatic rings. The molecule has 0 aliphatic heterocycles. The molecule has 0 spiro atoms. The lowest BCUT2D eigenvalue weighted by atomic mass is 9.84. The van der Waals surface area contributed by atoms with Crippen molar-refractivity contribution in [2.24, 2.45) is 11.7 Å². The van der Waals surface area contributed by atoms with E-state index in [1.165, 1.54) is 25.7 Å². The Balaban J connectivity index is 1.72. The van der Waals surface area contributed by atoms with Gasteiger partial charge in [-0.15, -0.1) is 0 Å². The van der Waals surface area contributed by atoms with E-state index in [1.807, 2.05) is 12.1 Å². The molecule has 0 saturated heterocycles. The summed E-state index contributed by atoms with van der Waals surface area (Å²) in [6.07, 6.45) is 5.19. The molecule has 0 amide bonds. The molecule has 2 aromatic rings. The van der Waals surface area contributed by atoms with Crippen LogP contribution in [0.2, 0.25) is 0 Å². The summed E-state index contributed by atoms with van der Waals surface area (Å²) in [5.74, 6) is 1.69. The van der Waals surface area contributed by atoms with Crippen molar-refractivity contribution < 1.29 is 0 Å². The molecule has 3 N–H and O–H groups in total. The van der Waals surface area contributed by atoms with Crippen molar-refractivity contribution in [3.05, 3.63) is 30.1 Å². The Morgan fingerprint density at radius 2 is 2.10 bits per heavy atom. The van der Waals surface area contributed by atoms with Gasteiger partial charge in [0.05, 0.1) is 17.6 Å². The van der Waals surface area contributed by atoms with Crippen molar-refractivity contribution in [3.63, 3.8) is 0 Å². The van der Waals surface area contributed by atoms with Gasteiger partial charge in [0.25, 0.3) is 0 Å². The maximum atomic E-state index is 5.94. The van der Waals surface area contributed by atoms with Gasteiger partial charge in [-0.25, -0.2) is 4.98 Å². The summed E-state index contributed by atoms with van der Waals surface area (Å²) >= 11 is 0. The normalized spacial score (nSPS) is 23.6. The quantitative estimate of drug-likeness (QED) is 0.899. The first-order valence-electron chi connectivity index (χ1n) is 7.62. The van der Waals surface area contributed by atoms with Crippen molar-refractivity contribution in [2.45, 2.75) is 38.3 Å². The maximum Gasteiger partial charge on any atom is 0.121 e. The average molecular weight is 272 g/mol. The summed E-state index contributed by atoms with van der Waals surface area (Å²) in [5.41, 5.74) is 8.11. The van der Waals surface area contributed by atoms with Crippen LogP contribution >= 0.6 is 0 Å². The van der Waals surface area contributed by atoms with Crippen LogP contribution in [0, 0.1) is 5.92 Å². The molecular weight excluding hydrogens is 248 g/mol. The van der Waals surface area contributed by atoms with E-state index in [2.05, 4.69) is 34.0 Å². The van der Waals surface area contributed by atoms with Crippen molar-refractivity contribution >= 4 is 11.0 Å². The molecule has 108 valence electrons. The number of para-hydroxylation sites is 2. The molecule has 2 unspecified atom stereocenters. The number of nitrogens with zero attached hydrogens (tertiary/aromatic N) is 2. The van der Waals surface area contributed by atoms with Gasteiger partial charge in [-0.05, 0) is 44.5 Å². The van der Waals surface area contributed by atoms with E-state index in [9.17, 15) is 0 Å². The van der Waals surface area contributed by atoms with Crippen LogP contribution in [0.1, 0.15) is 31.5 Å². The lowest BCUT2D eigenvalue weighted by molar-refractivity contribution is 0.125. The zero-order valence-corrected chi connectivity index (χ0v) is 12.2. The molecule has 0 bridgehead atoms. The van der Waals surface area contributed by atoms with Gasteiger partial charge in [0.1, 0.15) is 5.82 Å². The fourth-order valence-electron chi connectivity index (χ4n) is 3.48. The van der Waals surface area contributed by atoms with Crippen LogP contribution in [0.3, 0.4) is 0 Å². The minimum Gasteiger partial charge on any atom is -0.341 e. The minimum absolute atomic E-state index is 0.599. The first-order chi connectivity index (χ1) is 9.78. The third kappa shape index (κ3) is 2.72. The third-order valence-electron chi connectivity index (χ3n) is 4.58. The molecule has 1 saturated carbocycles. The molecule has 3 rings (SSSR count). The number of H-pyrrole nitrogens is 1. The first kappa shape index (κ1) is 13.6. The number of hydrogen-bond donors (Lipinski definition) is 2. The number of aromatic amines is 1. The standard InChI is InChI=1S/C16H24N4/c1-20(15-9-5-2-6-12(15)10-17)11-16-18-13-7-3-4-8-14(13)19-16/h3-4,7-8,12,15H,2,5-6,9-11,17H2,1H3,(H,18,19). The van der Waals surface area contributed by atoms with Crippen molar-refractivity contribution in [1.82, 2.24) is 14.9 Å². The summed E-state index contributed by atoms with van der Waals surface area (Å²) in [7, 11) is 2.20. The van der Waals surface area contributed by atoms with Crippen LogP contribution in [0.5, 0.6) is 0 Å². The molecule has 1 aromatic heterocycles. The number of hydrogen-bond acceptors (Lipinski definition) is 3. The molecule has 4 heteroatoms. The summed E-state index contributed by atoms with van der Waals surface area (Å²) < 4.78 is 0. The molecule has 1 heterocycles. The van der Waals surface area contributed by atoms with Crippen molar-refractivity contribution in [2.75, 3.05) is 13.6 Å². The third-order valence-corrected chi connectivity index (χ3v) is 4.58. The van der Waals surface area contributed by atoms with Gasteiger partial charge < -0.3 is 10.7 Å². The number of benzene rings is 1. The van der Waals surface area contributed by atoms with E-state index in [1.54, 1.807) is 0 Å². The highest BCUT2D eigenvalue weighted by atomic mass is 15.2. The number of fused-ring (bicyclic) bond motifs is 1. The van der Waals surface area contributed by atoms with Crippen LogP contribution in [-0.2, 0) is 6.54 Å². The molecule has 1 aliphatic carbocycles. The Morgan fingerprint density at radius 1 is 1.30 bits per heavy atom. The molecule has 20 heavy (non-hydrogen) atoms. The largest absolute Gasteiger partial charge is 0.341 e. The average Bonchev–Trinajstić information content (AvgIpc) is 2.89. The van der Waals surface area contributed by atoms with Gasteiger partial charge in [0, 0.05) is 6.04 Å². The fourth-order valence-corrected chi connectivity index (χ4v) is 3.48. The highest BCUT2D eigenvalue weighted by Gasteiger charge is 2.27. The van der Waals surface area contributed by atoms with Gasteiger partial charge in [0.2, 0.25) is 0 Å². The highest BCUT2D eigenvalue weighted by molar-refractivity contribution is 5.74. The maximum absolute atomic E-state index is 5.94. The monoisotopic (exact) mass is 272 g/mol. The highest BCUT2D eigenvalue weighted by Crippen LogP contribution is 2.28. The zero-order chi connectivity index (χ0) is 13.9. The number of rotatable bonds is 4. The Hall–Kier alpha value is -1.39. The fraction of sp³-hybridized carbons (Fsp3) is 0.562. The van der Waals surface area contributed by atoms with Crippen molar-refractivity contribution in [1.29, 1.82) is 0 Å². The topological polar surface area (TPSA) is 57.9 Å². The van der Waals surface area contributed by atoms with E-state index < -0.39 is 0 Å². The van der Waals surface area contributed by atoms with Gasteiger partial charge in [-0.3, -0.25) is 4.90 Å². The van der Waals surface area contributed by atoms with Gasteiger partial charge >= 0.3 is 0 Å². The van der Waals surface area contributed by atoms with E-state index in [0.717, 1.165) is 29.9 Å². The summed E-state index contributed by atoms with van der Waals surface area (Å²) in [5, 5.41) is 0. The second kappa shape index (κ2) is 5.94. The second-order valence-corrected chi connectivity index (χ2v) is 5.96. The predicted molar refractivity (Wildman–Crippen MR) is 82.4 cm³/mol. The van der Waals surface area contributed by atoms with Gasteiger partial charge in [0.15, 0.2) is 0 Å². The van der Waals surface area contributed by atoms with Crippen LogP contribution < -0.4 is 5.73 Å².